The minimum Gasteiger partial charge on any atom is -0.342 e. The van der Waals surface area contributed by atoms with Crippen molar-refractivity contribution in [3.63, 3.8) is 0 Å². The lowest BCUT2D eigenvalue weighted by Crippen LogP contribution is -2.33. The van der Waals surface area contributed by atoms with E-state index in [9.17, 15) is 9.59 Å². The Morgan fingerprint density at radius 2 is 1.78 bits per heavy atom. The number of fused-ring (bicyclic) bond motifs is 2. The first-order valence-corrected chi connectivity index (χ1v) is 13.1. The van der Waals surface area contributed by atoms with Crippen LogP contribution < -0.4 is 10.9 Å². The van der Waals surface area contributed by atoms with Crippen LogP contribution in [0, 0.1) is 25.7 Å². The molecule has 2 aromatic carbocycles. The molecular formula is C31H26N8O2. The van der Waals surface area contributed by atoms with Gasteiger partial charge in [0.25, 0.3) is 11.5 Å². The fourth-order valence-electron chi connectivity index (χ4n) is 4.82. The molecule has 10 nitrogen and oxygen atoms in total. The summed E-state index contributed by atoms with van der Waals surface area (Å²) in [6.45, 7) is 5.50. The second-order valence-corrected chi connectivity index (χ2v) is 9.71. The van der Waals surface area contributed by atoms with E-state index in [0.29, 0.717) is 44.9 Å². The van der Waals surface area contributed by atoms with Crippen molar-refractivity contribution in [1.29, 1.82) is 0 Å². The third kappa shape index (κ3) is 4.53. The first-order chi connectivity index (χ1) is 19.8. The predicted molar refractivity (Wildman–Crippen MR) is 155 cm³/mol. The summed E-state index contributed by atoms with van der Waals surface area (Å²) in [5.41, 5.74) is 4.48. The number of para-hydroxylation sites is 1. The molecule has 0 spiro atoms. The number of hydrogen-bond acceptors (Lipinski definition) is 6. The number of aromatic nitrogens is 7. The molecule has 4 heterocycles. The number of carbonyl (C=O) groups excluding carboxylic acids is 1. The van der Waals surface area contributed by atoms with Crippen LogP contribution in [0.25, 0.3) is 22.2 Å². The number of rotatable bonds is 4. The van der Waals surface area contributed by atoms with Crippen molar-refractivity contribution >= 4 is 22.5 Å². The van der Waals surface area contributed by atoms with Crippen LogP contribution in [0.15, 0.2) is 78.0 Å². The molecule has 1 atom stereocenters. The van der Waals surface area contributed by atoms with E-state index < -0.39 is 6.04 Å². The molecule has 0 aliphatic heterocycles. The maximum Gasteiger partial charge on any atom is 0.267 e. The molecule has 0 bridgehead atoms. The van der Waals surface area contributed by atoms with Crippen molar-refractivity contribution in [3.8, 4) is 17.5 Å². The largest absolute Gasteiger partial charge is 0.342 e. The van der Waals surface area contributed by atoms with E-state index >= 15 is 0 Å². The summed E-state index contributed by atoms with van der Waals surface area (Å²) in [7, 11) is 1.86. The first-order valence-electron chi connectivity index (χ1n) is 13.1. The van der Waals surface area contributed by atoms with Crippen LogP contribution in [-0.2, 0) is 7.05 Å². The van der Waals surface area contributed by atoms with Crippen molar-refractivity contribution in [2.75, 3.05) is 0 Å². The molecule has 0 aliphatic carbocycles. The Bertz CT molecular complexity index is 2080. The molecule has 0 saturated carbocycles. The molecule has 10 heteroatoms. The minimum atomic E-state index is -0.634. The molecule has 41 heavy (non-hydrogen) atoms. The van der Waals surface area contributed by atoms with Crippen LogP contribution in [0.1, 0.15) is 51.7 Å². The number of carbonyl (C=O) groups is 1. The van der Waals surface area contributed by atoms with Crippen molar-refractivity contribution < 1.29 is 4.79 Å². The van der Waals surface area contributed by atoms with Crippen LogP contribution in [-0.4, -0.2) is 39.8 Å². The van der Waals surface area contributed by atoms with E-state index in [2.05, 4.69) is 32.3 Å². The lowest BCUT2D eigenvalue weighted by Gasteiger charge is -2.20. The van der Waals surface area contributed by atoms with Crippen molar-refractivity contribution in [3.05, 3.63) is 117 Å². The molecule has 6 aromatic rings. The van der Waals surface area contributed by atoms with E-state index in [1.54, 1.807) is 53.8 Å². The van der Waals surface area contributed by atoms with Gasteiger partial charge in [0.2, 0.25) is 0 Å². The molecule has 4 aromatic heterocycles. The topological polar surface area (TPSA) is 112 Å². The molecule has 0 fully saturated rings. The standard InChI is InChI=1S/C31H26N8O2/c1-19-26(29-32-16-9-17-38(29)36-19)30(40)34-20(2)28-35-25-13-8-10-22(14-15-23-18-33-37(4)21(23)3)27(25)31(41)39(28)24-11-6-5-7-12-24/h5-13,16-18,20H,1-4H3,(H,34,40)/t20-/m0/s1. The Morgan fingerprint density at radius 1 is 1.00 bits per heavy atom. The number of hydrogen-bond donors (Lipinski definition) is 1. The quantitative estimate of drug-likeness (QED) is 0.340. The van der Waals surface area contributed by atoms with Gasteiger partial charge in [0.05, 0.1) is 45.8 Å². The Hall–Kier alpha value is -5.56. The maximum absolute atomic E-state index is 14.2. The normalized spacial score (nSPS) is 11.8. The molecule has 0 unspecified atom stereocenters. The lowest BCUT2D eigenvalue weighted by atomic mass is 10.1. The Morgan fingerprint density at radius 3 is 2.54 bits per heavy atom. The zero-order valence-electron chi connectivity index (χ0n) is 23.0. The van der Waals surface area contributed by atoms with Crippen LogP contribution >= 0.6 is 0 Å². The lowest BCUT2D eigenvalue weighted by molar-refractivity contribution is 0.0938. The highest BCUT2D eigenvalue weighted by Crippen LogP contribution is 2.21. The summed E-state index contributed by atoms with van der Waals surface area (Å²) < 4.78 is 4.86. The van der Waals surface area contributed by atoms with Gasteiger partial charge < -0.3 is 5.32 Å². The van der Waals surface area contributed by atoms with Crippen LogP contribution in [0.3, 0.4) is 0 Å². The van der Waals surface area contributed by atoms with Gasteiger partial charge in [0.1, 0.15) is 11.4 Å². The molecule has 6 rings (SSSR count). The molecule has 0 radical (unpaired) electrons. The second-order valence-electron chi connectivity index (χ2n) is 9.71. The summed E-state index contributed by atoms with van der Waals surface area (Å²) in [5.74, 6) is 6.33. The van der Waals surface area contributed by atoms with Crippen molar-refractivity contribution in [2.45, 2.75) is 26.8 Å². The van der Waals surface area contributed by atoms with Gasteiger partial charge in [-0.2, -0.15) is 10.2 Å². The van der Waals surface area contributed by atoms with Gasteiger partial charge in [-0.1, -0.05) is 36.1 Å². The fraction of sp³-hybridized carbons (Fsp3) is 0.161. The molecule has 1 N–H and O–H groups in total. The number of nitrogens with zero attached hydrogens (tertiary/aromatic N) is 7. The van der Waals surface area contributed by atoms with Crippen molar-refractivity contribution in [1.82, 2.24) is 39.2 Å². The Kier molecular flexibility index (Phi) is 6.40. The van der Waals surface area contributed by atoms with Gasteiger partial charge >= 0.3 is 0 Å². The van der Waals surface area contributed by atoms with E-state index in [-0.39, 0.29) is 11.5 Å². The first kappa shape index (κ1) is 25.7. The highest BCUT2D eigenvalue weighted by molar-refractivity contribution is 6.01. The van der Waals surface area contributed by atoms with Crippen LogP contribution in [0.2, 0.25) is 0 Å². The molecular weight excluding hydrogens is 516 g/mol. The van der Waals surface area contributed by atoms with E-state index in [0.717, 1.165) is 11.3 Å². The zero-order valence-corrected chi connectivity index (χ0v) is 23.0. The summed E-state index contributed by atoms with van der Waals surface area (Å²) >= 11 is 0. The molecule has 0 aliphatic rings. The maximum atomic E-state index is 14.2. The monoisotopic (exact) mass is 542 g/mol. The van der Waals surface area contributed by atoms with Gasteiger partial charge in [-0.25, -0.2) is 14.5 Å². The Labute approximate surface area is 235 Å². The third-order valence-electron chi connectivity index (χ3n) is 7.04. The summed E-state index contributed by atoms with van der Waals surface area (Å²) in [6.07, 6.45) is 5.06. The van der Waals surface area contributed by atoms with E-state index in [1.807, 2.05) is 56.4 Å². The summed E-state index contributed by atoms with van der Waals surface area (Å²) in [4.78, 5) is 36.9. The molecule has 202 valence electrons. The van der Waals surface area contributed by atoms with Gasteiger partial charge in [0, 0.05) is 25.0 Å². The summed E-state index contributed by atoms with van der Waals surface area (Å²) in [5, 5.41) is 12.1. The molecule has 0 saturated heterocycles. The highest BCUT2D eigenvalue weighted by Gasteiger charge is 2.24. The molecule has 1 amide bonds. The second kappa shape index (κ2) is 10.2. The van der Waals surface area contributed by atoms with E-state index in [4.69, 9.17) is 4.98 Å². The minimum absolute atomic E-state index is 0.279. The Balaban J connectivity index is 1.48. The highest BCUT2D eigenvalue weighted by atomic mass is 16.2. The van der Waals surface area contributed by atoms with Gasteiger partial charge in [-0.05, 0) is 51.1 Å². The number of benzene rings is 2. The summed E-state index contributed by atoms with van der Waals surface area (Å²) in [6, 6.07) is 15.8. The smallest absolute Gasteiger partial charge is 0.267 e. The van der Waals surface area contributed by atoms with Gasteiger partial charge in [0.15, 0.2) is 5.65 Å². The zero-order chi connectivity index (χ0) is 28.7. The van der Waals surface area contributed by atoms with Gasteiger partial charge in [-0.15, -0.1) is 0 Å². The SMILES string of the molecule is Cc1nn2cccnc2c1C(=O)N[C@@H](C)c1nc2cccc(C#Cc3cnn(C)c3C)c2c(=O)n1-c1ccccc1. The van der Waals surface area contributed by atoms with E-state index in [1.165, 1.54) is 4.57 Å². The van der Waals surface area contributed by atoms with Gasteiger partial charge in [-0.3, -0.25) is 18.8 Å². The number of nitrogens with one attached hydrogen (secondary N) is 1. The predicted octanol–water partition coefficient (Wildman–Crippen LogP) is 3.67. The fourth-order valence-corrected chi connectivity index (χ4v) is 4.82. The number of aryl methyl sites for hydroxylation is 2. The third-order valence-corrected chi connectivity index (χ3v) is 7.04. The van der Waals surface area contributed by atoms with Crippen LogP contribution in [0.5, 0.6) is 0 Å². The average molecular weight is 543 g/mol. The number of amides is 1. The van der Waals surface area contributed by atoms with Crippen molar-refractivity contribution in [2.24, 2.45) is 7.05 Å². The van der Waals surface area contributed by atoms with Crippen LogP contribution in [0.4, 0.5) is 0 Å². The average Bonchev–Trinajstić information content (AvgIpc) is 3.49.